The van der Waals surface area contributed by atoms with Gasteiger partial charge in [0.25, 0.3) is 0 Å². The Labute approximate surface area is 319 Å². The van der Waals surface area contributed by atoms with Crippen LogP contribution in [-0.2, 0) is 26.5 Å². The molecule has 1 aliphatic heterocycles. The van der Waals surface area contributed by atoms with Crippen LogP contribution in [0.25, 0.3) is 38.8 Å². The molecule has 8 aromatic rings. The number of benzene rings is 6. The Morgan fingerprint density at radius 2 is 1.33 bits per heavy atom. The summed E-state index contributed by atoms with van der Waals surface area (Å²) in [6.07, 6.45) is 1.90. The summed E-state index contributed by atoms with van der Waals surface area (Å²) in [6.45, 7) is 8.79. The first-order valence-electron chi connectivity index (χ1n) is 17.2. The molecular formula is C46H35N4OPt-3. The zero-order chi connectivity index (χ0) is 34.5. The molecule has 0 bridgehead atoms. The number of fused-ring (bicyclic) bond motifs is 4. The average molecular weight is 855 g/mol. The van der Waals surface area contributed by atoms with Crippen LogP contribution in [0.4, 0.5) is 22.7 Å². The van der Waals surface area contributed by atoms with Gasteiger partial charge in [0.1, 0.15) is 5.82 Å². The molecular weight excluding hydrogens is 820 g/mol. The number of pyridine rings is 1. The number of nitrogens with zero attached hydrogens (tertiary/aromatic N) is 4. The van der Waals surface area contributed by atoms with E-state index in [1.807, 2.05) is 36.5 Å². The summed E-state index contributed by atoms with van der Waals surface area (Å²) in [4.78, 5) is 9.22. The van der Waals surface area contributed by atoms with Crippen LogP contribution in [-0.4, -0.2) is 9.55 Å². The second kappa shape index (κ2) is 13.5. The van der Waals surface area contributed by atoms with Crippen molar-refractivity contribution in [2.75, 3.05) is 9.80 Å². The van der Waals surface area contributed by atoms with Gasteiger partial charge in [0.05, 0.1) is 0 Å². The minimum absolute atomic E-state index is 0. The summed E-state index contributed by atoms with van der Waals surface area (Å²) in [6, 6.07) is 57.5. The Morgan fingerprint density at radius 1 is 0.615 bits per heavy atom. The third-order valence-electron chi connectivity index (χ3n) is 9.50. The van der Waals surface area contributed by atoms with Crippen LogP contribution in [0.2, 0.25) is 0 Å². The first kappa shape index (κ1) is 33.5. The van der Waals surface area contributed by atoms with Crippen molar-refractivity contribution in [3.63, 3.8) is 0 Å². The van der Waals surface area contributed by atoms with Crippen molar-refractivity contribution in [1.82, 2.24) is 9.55 Å². The smallest absolute Gasteiger partial charge is 0.135 e. The summed E-state index contributed by atoms with van der Waals surface area (Å²) in [5.74, 6) is 2.06. The summed E-state index contributed by atoms with van der Waals surface area (Å²) in [5.41, 5.74) is 9.66. The molecule has 9 rings (SSSR count). The Balaban J connectivity index is 0.00000387. The molecule has 0 spiro atoms. The van der Waals surface area contributed by atoms with Crippen molar-refractivity contribution in [3.8, 4) is 28.4 Å². The first-order valence-corrected chi connectivity index (χ1v) is 17.2. The van der Waals surface area contributed by atoms with E-state index in [0.29, 0.717) is 11.5 Å². The normalized spacial score (nSPS) is 12.6. The molecule has 0 atom stereocenters. The maximum atomic E-state index is 6.55. The molecule has 3 heterocycles. The minimum atomic E-state index is -0.0266. The summed E-state index contributed by atoms with van der Waals surface area (Å²) in [7, 11) is 0. The topological polar surface area (TPSA) is 33.5 Å². The monoisotopic (exact) mass is 854 g/mol. The predicted molar refractivity (Wildman–Crippen MR) is 208 cm³/mol. The van der Waals surface area contributed by atoms with E-state index in [2.05, 4.69) is 169 Å². The maximum Gasteiger partial charge on any atom is 0.135 e. The number of aromatic nitrogens is 2. The van der Waals surface area contributed by atoms with Gasteiger partial charge in [0.15, 0.2) is 0 Å². The van der Waals surface area contributed by atoms with Crippen LogP contribution in [0.5, 0.6) is 11.5 Å². The van der Waals surface area contributed by atoms with Crippen molar-refractivity contribution >= 4 is 44.6 Å². The van der Waals surface area contributed by atoms with Gasteiger partial charge < -0.3 is 19.1 Å². The summed E-state index contributed by atoms with van der Waals surface area (Å²) >= 11 is 0. The molecule has 0 aliphatic carbocycles. The minimum Gasteiger partial charge on any atom is -0.509 e. The zero-order valence-corrected chi connectivity index (χ0v) is 31.3. The molecule has 6 aromatic carbocycles. The molecule has 1 aliphatic rings. The van der Waals surface area contributed by atoms with E-state index in [4.69, 9.17) is 9.72 Å². The number of hydrogen-bond acceptors (Lipinski definition) is 4. The Hall–Kier alpha value is -5.64. The van der Waals surface area contributed by atoms with E-state index in [1.54, 1.807) is 0 Å². The van der Waals surface area contributed by atoms with E-state index in [-0.39, 0.29) is 26.5 Å². The van der Waals surface area contributed by atoms with Crippen LogP contribution in [0.15, 0.2) is 152 Å². The third kappa shape index (κ3) is 6.05. The van der Waals surface area contributed by atoms with E-state index in [0.717, 1.165) is 55.9 Å². The molecule has 0 radical (unpaired) electrons. The first-order chi connectivity index (χ1) is 24.9. The average Bonchev–Trinajstić information content (AvgIpc) is 3.71. The zero-order valence-electron chi connectivity index (χ0n) is 29.0. The molecule has 0 amide bonds. The van der Waals surface area contributed by atoms with Gasteiger partial charge in [-0.25, -0.2) is 4.98 Å². The van der Waals surface area contributed by atoms with Gasteiger partial charge in [-0.15, -0.1) is 48.1 Å². The fourth-order valence-electron chi connectivity index (χ4n) is 6.89. The van der Waals surface area contributed by atoms with E-state index in [1.165, 1.54) is 11.1 Å². The molecule has 0 saturated heterocycles. The molecule has 258 valence electrons. The van der Waals surface area contributed by atoms with Crippen molar-refractivity contribution < 1.29 is 25.8 Å². The largest absolute Gasteiger partial charge is 0.509 e. The van der Waals surface area contributed by atoms with Crippen LogP contribution in [0, 0.1) is 18.8 Å². The van der Waals surface area contributed by atoms with Crippen molar-refractivity contribution in [3.05, 3.63) is 176 Å². The van der Waals surface area contributed by atoms with Crippen molar-refractivity contribution in [2.24, 2.45) is 0 Å². The van der Waals surface area contributed by atoms with E-state index in [9.17, 15) is 0 Å². The van der Waals surface area contributed by atoms with Gasteiger partial charge >= 0.3 is 0 Å². The van der Waals surface area contributed by atoms with Crippen LogP contribution in [0.1, 0.15) is 26.3 Å². The quantitative estimate of drug-likeness (QED) is 0.156. The molecule has 5 nitrogen and oxygen atoms in total. The number of anilines is 4. The number of rotatable bonds is 6. The van der Waals surface area contributed by atoms with E-state index < -0.39 is 0 Å². The summed E-state index contributed by atoms with van der Waals surface area (Å²) < 4.78 is 8.75. The molecule has 2 aromatic heterocycles. The Morgan fingerprint density at radius 3 is 2.10 bits per heavy atom. The maximum absolute atomic E-state index is 6.55. The van der Waals surface area contributed by atoms with Gasteiger partial charge in [-0.1, -0.05) is 99.1 Å². The molecule has 6 heteroatoms. The van der Waals surface area contributed by atoms with Crippen LogP contribution < -0.4 is 14.5 Å². The van der Waals surface area contributed by atoms with Gasteiger partial charge in [-0.3, -0.25) is 0 Å². The van der Waals surface area contributed by atoms with Crippen molar-refractivity contribution in [2.45, 2.75) is 26.2 Å². The van der Waals surface area contributed by atoms with Gasteiger partial charge in [0.2, 0.25) is 0 Å². The second-order valence-electron chi connectivity index (χ2n) is 13.9. The third-order valence-corrected chi connectivity index (χ3v) is 9.50. The fourth-order valence-corrected chi connectivity index (χ4v) is 6.89. The molecule has 0 N–H and O–H groups in total. The van der Waals surface area contributed by atoms with Gasteiger partial charge in [0, 0.05) is 61.3 Å². The SMILES string of the molecule is CC(C)(C)c1ccnc(-n2c3[c-]c(Oc4[c-]c(N5[CH-]N(c6ccccc6)c6ccccc65)ccc4)ccc3c3cc(-c4ccccc4)ccc32)c1.[Pt]. The van der Waals surface area contributed by atoms with Gasteiger partial charge in [-0.2, -0.15) is 12.1 Å². The van der Waals surface area contributed by atoms with E-state index >= 15 is 0 Å². The van der Waals surface area contributed by atoms with Gasteiger partial charge in [-0.05, 0) is 70.0 Å². The Kier molecular flexibility index (Phi) is 8.69. The fraction of sp³-hybridized carbons (Fsp3) is 0.0870. The molecule has 0 fully saturated rings. The predicted octanol–water partition coefficient (Wildman–Crippen LogP) is 11.9. The van der Waals surface area contributed by atoms with Crippen LogP contribution in [0.3, 0.4) is 0 Å². The molecule has 52 heavy (non-hydrogen) atoms. The number of para-hydroxylation sites is 3. The second-order valence-corrected chi connectivity index (χ2v) is 13.9. The van der Waals surface area contributed by atoms with Crippen LogP contribution >= 0.6 is 0 Å². The Bertz CT molecular complexity index is 2540. The number of hydrogen-bond donors (Lipinski definition) is 0. The van der Waals surface area contributed by atoms with Crippen molar-refractivity contribution in [1.29, 1.82) is 0 Å². The number of ether oxygens (including phenoxy) is 1. The molecule has 0 unspecified atom stereocenters. The summed E-state index contributed by atoms with van der Waals surface area (Å²) in [5, 5.41) is 2.22. The standard InChI is InChI=1S/C46H35N4O.Pt/c1-46(2,3)34-25-26-47-45(28-34)50-41-24-21-33(32-13-6-4-7-14-32)27-40(41)39-23-22-38(30-44(39)50)51-37-18-12-17-36(29-37)49-31-48(35-15-8-5-9-16-35)42-19-10-11-20-43(42)49;/h4-28,31H,1-3H3;/q-3;. The molecule has 0 saturated carbocycles.